The second-order valence-electron chi connectivity index (χ2n) is 11.8. The number of hydrogen-bond donors (Lipinski definition) is 2. The molecule has 7 nitrogen and oxygen atoms in total. The summed E-state index contributed by atoms with van der Waals surface area (Å²) in [5, 5.41) is 6.19. The van der Waals surface area contributed by atoms with Crippen molar-refractivity contribution in [1.29, 1.82) is 0 Å². The summed E-state index contributed by atoms with van der Waals surface area (Å²) >= 11 is 0. The quantitative estimate of drug-likeness (QED) is 0.150. The van der Waals surface area contributed by atoms with E-state index in [-0.39, 0.29) is 41.1 Å². The number of hydrogen-bond acceptors (Lipinski definition) is 6. The zero-order valence-corrected chi connectivity index (χ0v) is 26.3. The van der Waals surface area contributed by atoms with Crippen LogP contribution in [-0.4, -0.2) is 23.8 Å². The van der Waals surface area contributed by atoms with Crippen LogP contribution >= 0.6 is 0 Å². The van der Waals surface area contributed by atoms with Crippen LogP contribution in [0.2, 0.25) is 0 Å². The first-order valence-electron chi connectivity index (χ1n) is 15.2. The lowest BCUT2D eigenvalue weighted by Crippen LogP contribution is -2.37. The van der Waals surface area contributed by atoms with Gasteiger partial charge in [0.15, 0.2) is 23.2 Å². The predicted molar refractivity (Wildman–Crippen MR) is 170 cm³/mol. The van der Waals surface area contributed by atoms with Crippen LogP contribution in [0, 0.1) is 30.2 Å². The second-order valence-corrected chi connectivity index (χ2v) is 11.8. The molecule has 1 aromatic heterocycles. The van der Waals surface area contributed by atoms with Crippen molar-refractivity contribution in [3.63, 3.8) is 0 Å². The number of aryl methyl sites for hydroxylation is 1. The predicted octanol–water partition coefficient (Wildman–Crippen LogP) is 7.53. The number of ether oxygens (including phenoxy) is 2. The fourth-order valence-corrected chi connectivity index (χ4v) is 6.34. The maximum atomic E-state index is 14.4. The van der Waals surface area contributed by atoms with E-state index in [1.54, 1.807) is 43.5 Å². The second kappa shape index (κ2) is 13.3. The smallest absolute Gasteiger partial charge is 0.255 e. The molecule has 0 saturated carbocycles. The summed E-state index contributed by atoms with van der Waals surface area (Å²) in [5.41, 5.74) is 4.53. The Kier molecular flexibility index (Phi) is 9.03. The maximum absolute atomic E-state index is 14.4. The number of anilines is 1. The average Bonchev–Trinajstić information content (AvgIpc) is 3.07. The fourth-order valence-electron chi connectivity index (χ4n) is 6.34. The number of carbonyl (C=O) groups excluding carboxylic acids is 2. The van der Waals surface area contributed by atoms with Crippen LogP contribution in [-0.2, 0) is 16.2 Å². The Morgan fingerprint density at radius 3 is 2.35 bits per heavy atom. The van der Waals surface area contributed by atoms with Gasteiger partial charge < -0.3 is 20.1 Å². The van der Waals surface area contributed by atoms with Crippen molar-refractivity contribution in [3.05, 3.63) is 141 Å². The van der Waals surface area contributed by atoms with Crippen LogP contribution in [0.4, 0.5) is 23.4 Å². The molecule has 48 heavy (non-hydrogen) atoms. The molecule has 0 bridgehead atoms. The van der Waals surface area contributed by atoms with Crippen LogP contribution in [0.25, 0.3) is 0 Å². The molecule has 0 radical (unpaired) electrons. The van der Waals surface area contributed by atoms with Gasteiger partial charge in [0.05, 0.1) is 7.11 Å². The van der Waals surface area contributed by atoms with E-state index in [0.29, 0.717) is 34.8 Å². The number of allylic oxidation sites excluding steroid dienone is 3. The van der Waals surface area contributed by atoms with E-state index in [9.17, 15) is 27.2 Å². The average molecular weight is 658 g/mol. The lowest BCUT2D eigenvalue weighted by atomic mass is 9.71. The van der Waals surface area contributed by atoms with Crippen molar-refractivity contribution in [2.45, 2.75) is 45.1 Å². The van der Waals surface area contributed by atoms with Crippen molar-refractivity contribution in [1.82, 2.24) is 10.3 Å². The molecule has 6 rings (SSSR count). The van der Waals surface area contributed by atoms with Crippen LogP contribution in [0.3, 0.4) is 0 Å². The number of carbonyl (C=O) groups is 2. The summed E-state index contributed by atoms with van der Waals surface area (Å²) in [7, 11) is 1.37. The summed E-state index contributed by atoms with van der Waals surface area (Å²) in [6, 6.07) is 18.2. The summed E-state index contributed by atoms with van der Waals surface area (Å²) in [6.07, 6.45) is 2.30. The molecular formula is C37H31F4N3O4. The molecule has 2 heterocycles. The number of amides is 1. The molecule has 2 aliphatic rings. The topological polar surface area (TPSA) is 89.5 Å². The number of Topliss-reactive ketones (excluding diaryl/α,β-unsaturated/α-hetero) is 1. The summed E-state index contributed by atoms with van der Waals surface area (Å²) in [4.78, 5) is 32.3. The molecule has 1 aliphatic heterocycles. The molecule has 0 saturated heterocycles. The lowest BCUT2D eigenvalue weighted by Gasteiger charge is -2.37. The van der Waals surface area contributed by atoms with Gasteiger partial charge in [0, 0.05) is 52.7 Å². The van der Waals surface area contributed by atoms with Gasteiger partial charge in [-0.25, -0.2) is 13.8 Å². The Morgan fingerprint density at radius 1 is 0.938 bits per heavy atom. The highest BCUT2D eigenvalue weighted by Gasteiger charge is 2.41. The van der Waals surface area contributed by atoms with E-state index >= 15 is 0 Å². The molecule has 2 N–H and O–H groups in total. The van der Waals surface area contributed by atoms with Gasteiger partial charge in [-0.1, -0.05) is 36.4 Å². The number of nitrogens with zero attached hydrogens (tertiary/aromatic N) is 1. The largest absolute Gasteiger partial charge is 0.496 e. The van der Waals surface area contributed by atoms with E-state index in [1.807, 2.05) is 37.3 Å². The molecule has 1 amide bonds. The number of nitrogens with one attached hydrogen (secondary N) is 2. The Balaban J connectivity index is 1.43. The summed E-state index contributed by atoms with van der Waals surface area (Å²) < 4.78 is 67.3. The number of ketones is 1. The Bertz CT molecular complexity index is 1970. The molecule has 0 fully saturated rings. The molecule has 3 aromatic carbocycles. The monoisotopic (exact) mass is 657 g/mol. The zero-order valence-electron chi connectivity index (χ0n) is 26.3. The molecule has 246 valence electrons. The molecule has 0 spiro atoms. The highest BCUT2D eigenvalue weighted by atomic mass is 19.2. The summed E-state index contributed by atoms with van der Waals surface area (Å²) in [5.74, 6) is -8.81. The van der Waals surface area contributed by atoms with Crippen LogP contribution < -0.4 is 20.1 Å². The number of dihydropyridines is 1. The SMILES string of the molecule is COc1ccc([C@@H]2C(C(=O)Nc3cc(C)ccn3)=C(C)NC3=C2C(=O)C[C@@H](c2ccccc2)C3)cc1COc1c(F)c(F)cc(F)c1F. The van der Waals surface area contributed by atoms with E-state index in [1.165, 1.54) is 7.11 Å². The number of pyridine rings is 1. The Hall–Kier alpha value is -5.45. The molecule has 4 aromatic rings. The number of methoxy groups -OCH3 is 1. The third-order valence-corrected chi connectivity index (χ3v) is 8.58. The van der Waals surface area contributed by atoms with Crippen molar-refractivity contribution >= 4 is 17.5 Å². The number of benzene rings is 3. The van der Waals surface area contributed by atoms with Crippen molar-refractivity contribution in [2.75, 3.05) is 12.4 Å². The zero-order chi connectivity index (χ0) is 34.1. The molecule has 11 heteroatoms. The number of rotatable bonds is 8. The standard InChI is InChI=1S/C37H31F4N3O4/c1-19-11-12-42-30(13-19)44-37(46)31-20(2)43-27-15-23(21-7-5-4-6-8-21)16-28(45)33(27)32(31)22-9-10-29(47-3)24(14-22)18-48-36-34(40)25(38)17-26(39)35(36)41/h4-14,17,23,32,43H,15-16,18H2,1-3H3,(H,42,44,46)/t23-,32+/m0/s1. The maximum Gasteiger partial charge on any atom is 0.255 e. The first kappa shape index (κ1) is 32.5. The third-order valence-electron chi connectivity index (χ3n) is 8.58. The lowest BCUT2D eigenvalue weighted by molar-refractivity contribution is -0.116. The molecule has 0 unspecified atom stereocenters. The van der Waals surface area contributed by atoms with Gasteiger partial charge in [-0.3, -0.25) is 9.59 Å². The van der Waals surface area contributed by atoms with Gasteiger partial charge in [0.25, 0.3) is 5.91 Å². The number of aromatic nitrogens is 1. The first-order chi connectivity index (χ1) is 23.0. The highest BCUT2D eigenvalue weighted by molar-refractivity contribution is 6.09. The normalized spacial score (nSPS) is 17.5. The number of halogens is 4. The van der Waals surface area contributed by atoms with E-state index in [2.05, 4.69) is 15.6 Å². The fraction of sp³-hybridized carbons (Fsp3) is 0.216. The van der Waals surface area contributed by atoms with Gasteiger partial charge in [0.2, 0.25) is 11.6 Å². The minimum Gasteiger partial charge on any atom is -0.496 e. The van der Waals surface area contributed by atoms with Crippen LogP contribution in [0.15, 0.2) is 95.5 Å². The van der Waals surface area contributed by atoms with Crippen LogP contribution in [0.5, 0.6) is 11.5 Å². The highest BCUT2D eigenvalue weighted by Crippen LogP contribution is 2.46. The molecule has 2 atom stereocenters. The first-order valence-corrected chi connectivity index (χ1v) is 15.2. The van der Waals surface area contributed by atoms with Gasteiger partial charge >= 0.3 is 0 Å². The van der Waals surface area contributed by atoms with Gasteiger partial charge in [-0.05, 0) is 67.1 Å². The Labute approximate surface area is 274 Å². The van der Waals surface area contributed by atoms with Crippen LogP contribution in [0.1, 0.15) is 53.9 Å². The molecular weight excluding hydrogens is 626 g/mol. The Morgan fingerprint density at radius 2 is 1.67 bits per heavy atom. The van der Waals surface area contributed by atoms with E-state index < -0.39 is 47.5 Å². The van der Waals surface area contributed by atoms with E-state index in [4.69, 9.17) is 9.47 Å². The minimum atomic E-state index is -1.68. The molecule has 1 aliphatic carbocycles. The van der Waals surface area contributed by atoms with Gasteiger partial charge in [-0.2, -0.15) is 8.78 Å². The summed E-state index contributed by atoms with van der Waals surface area (Å²) in [6.45, 7) is 3.07. The third kappa shape index (κ3) is 6.27. The van der Waals surface area contributed by atoms with Gasteiger partial charge in [-0.15, -0.1) is 0 Å². The van der Waals surface area contributed by atoms with Crippen molar-refractivity contribution < 1.29 is 36.6 Å². The van der Waals surface area contributed by atoms with Gasteiger partial charge in [0.1, 0.15) is 18.2 Å². The van der Waals surface area contributed by atoms with Crippen molar-refractivity contribution in [2.24, 2.45) is 0 Å². The minimum absolute atomic E-state index is 0.0819. The van der Waals surface area contributed by atoms with E-state index in [0.717, 1.165) is 11.1 Å². The van der Waals surface area contributed by atoms with Crippen molar-refractivity contribution in [3.8, 4) is 11.5 Å².